The van der Waals surface area contributed by atoms with Crippen LogP contribution in [0.15, 0.2) is 0 Å². The number of carbonyl (C=O) groups excluding carboxylic acids is 1. The third kappa shape index (κ3) is 6.20. The zero-order chi connectivity index (χ0) is 14.5. The molecule has 0 aromatic heterocycles. The minimum absolute atomic E-state index is 0. The van der Waals surface area contributed by atoms with E-state index >= 15 is 0 Å². The molecule has 0 aromatic rings. The van der Waals surface area contributed by atoms with Crippen LogP contribution in [0.1, 0.15) is 26.7 Å². The highest BCUT2D eigenvalue weighted by Gasteiger charge is 2.27. The maximum Gasteiger partial charge on any atom is 0.227 e. The molecule has 0 saturated carbocycles. The van der Waals surface area contributed by atoms with Crippen molar-refractivity contribution in [1.29, 1.82) is 0 Å². The molecule has 0 aliphatic carbocycles. The molecule has 2 atom stereocenters. The molecule has 2 saturated heterocycles. The Hall–Kier alpha value is -0.0700. The van der Waals surface area contributed by atoms with Crippen molar-refractivity contribution in [2.24, 2.45) is 17.6 Å². The van der Waals surface area contributed by atoms with Crippen molar-refractivity contribution in [3.63, 3.8) is 0 Å². The lowest BCUT2D eigenvalue weighted by atomic mass is 9.99. The van der Waals surface area contributed by atoms with Gasteiger partial charge in [-0.2, -0.15) is 0 Å². The first-order valence-corrected chi connectivity index (χ1v) is 7.92. The molecule has 22 heavy (non-hydrogen) atoms. The lowest BCUT2D eigenvalue weighted by Crippen LogP contribution is -2.52. The van der Waals surface area contributed by atoms with Crippen LogP contribution in [0.25, 0.3) is 0 Å². The van der Waals surface area contributed by atoms with Crippen LogP contribution in [-0.2, 0) is 9.53 Å². The van der Waals surface area contributed by atoms with Crippen molar-refractivity contribution >= 4 is 30.7 Å². The van der Waals surface area contributed by atoms with Gasteiger partial charge in [-0.1, -0.05) is 6.92 Å². The monoisotopic (exact) mass is 355 g/mol. The fraction of sp³-hybridized carbons (Fsp3) is 0.933. The van der Waals surface area contributed by atoms with Crippen molar-refractivity contribution in [2.75, 3.05) is 45.9 Å². The van der Waals surface area contributed by atoms with E-state index in [4.69, 9.17) is 10.5 Å². The Morgan fingerprint density at radius 3 is 2.18 bits per heavy atom. The number of nitrogens with zero attached hydrogens (tertiary/aromatic N) is 2. The van der Waals surface area contributed by atoms with Crippen molar-refractivity contribution in [1.82, 2.24) is 9.80 Å². The van der Waals surface area contributed by atoms with E-state index < -0.39 is 0 Å². The number of hydrogen-bond acceptors (Lipinski definition) is 4. The highest BCUT2D eigenvalue weighted by Crippen LogP contribution is 2.17. The van der Waals surface area contributed by atoms with Crippen LogP contribution in [0.5, 0.6) is 0 Å². The molecule has 2 aliphatic rings. The van der Waals surface area contributed by atoms with E-state index in [1.165, 1.54) is 12.8 Å². The van der Waals surface area contributed by atoms with Gasteiger partial charge in [-0.05, 0) is 25.7 Å². The number of rotatable bonds is 4. The lowest BCUT2D eigenvalue weighted by Gasteiger charge is -2.38. The predicted octanol–water partition coefficient (Wildman–Crippen LogP) is 1.38. The molecule has 0 radical (unpaired) electrons. The summed E-state index contributed by atoms with van der Waals surface area (Å²) in [5, 5.41) is 0. The van der Waals surface area contributed by atoms with Gasteiger partial charge in [0.1, 0.15) is 0 Å². The quantitative estimate of drug-likeness (QED) is 0.827. The van der Waals surface area contributed by atoms with E-state index in [1.807, 2.05) is 18.7 Å². The van der Waals surface area contributed by atoms with Gasteiger partial charge in [0, 0.05) is 52.0 Å². The number of amides is 1. The van der Waals surface area contributed by atoms with Crippen LogP contribution in [0.4, 0.5) is 0 Å². The van der Waals surface area contributed by atoms with Crippen LogP contribution in [0, 0.1) is 11.8 Å². The largest absolute Gasteiger partial charge is 0.381 e. The molecule has 1 amide bonds. The summed E-state index contributed by atoms with van der Waals surface area (Å²) in [4.78, 5) is 16.7. The second kappa shape index (κ2) is 10.7. The summed E-state index contributed by atoms with van der Waals surface area (Å²) in [5.74, 6) is 0.914. The van der Waals surface area contributed by atoms with E-state index in [2.05, 4.69) is 4.90 Å². The smallest absolute Gasteiger partial charge is 0.227 e. The summed E-state index contributed by atoms with van der Waals surface area (Å²) in [6.45, 7) is 10.5. The molecule has 2 N–H and O–H groups in total. The van der Waals surface area contributed by atoms with Gasteiger partial charge in [0.2, 0.25) is 5.91 Å². The van der Waals surface area contributed by atoms with Crippen LogP contribution in [0.3, 0.4) is 0 Å². The van der Waals surface area contributed by atoms with Crippen LogP contribution in [0.2, 0.25) is 0 Å². The van der Waals surface area contributed by atoms with E-state index in [1.54, 1.807) is 0 Å². The third-order valence-electron chi connectivity index (χ3n) is 4.72. The van der Waals surface area contributed by atoms with Crippen molar-refractivity contribution in [2.45, 2.75) is 32.7 Å². The second-order valence-electron chi connectivity index (χ2n) is 6.33. The average Bonchev–Trinajstić information content (AvgIpc) is 2.47. The van der Waals surface area contributed by atoms with Gasteiger partial charge in [0.05, 0.1) is 5.92 Å². The molecule has 132 valence electrons. The molecule has 2 aliphatic heterocycles. The molecule has 5 nitrogen and oxygen atoms in total. The van der Waals surface area contributed by atoms with E-state index in [-0.39, 0.29) is 42.7 Å². The number of piperazine rings is 1. The summed E-state index contributed by atoms with van der Waals surface area (Å²) >= 11 is 0. The van der Waals surface area contributed by atoms with Gasteiger partial charge in [-0.15, -0.1) is 24.8 Å². The Balaban J connectivity index is 0.00000220. The number of ether oxygens (including phenoxy) is 1. The average molecular weight is 356 g/mol. The lowest BCUT2D eigenvalue weighted by molar-refractivity contribution is -0.137. The third-order valence-corrected chi connectivity index (χ3v) is 4.72. The van der Waals surface area contributed by atoms with Crippen LogP contribution in [-0.4, -0.2) is 67.7 Å². The molecule has 7 heteroatoms. The van der Waals surface area contributed by atoms with E-state index in [9.17, 15) is 4.79 Å². The fourth-order valence-electron chi connectivity index (χ4n) is 2.96. The molecule has 0 spiro atoms. The van der Waals surface area contributed by atoms with E-state index in [0.717, 1.165) is 51.9 Å². The summed E-state index contributed by atoms with van der Waals surface area (Å²) in [5.41, 5.74) is 5.82. The first-order valence-electron chi connectivity index (χ1n) is 7.92. The normalized spacial score (nSPS) is 23.1. The first kappa shape index (κ1) is 21.9. The summed E-state index contributed by atoms with van der Waals surface area (Å²) in [6.07, 6.45) is 2.36. The van der Waals surface area contributed by atoms with Gasteiger partial charge in [0.15, 0.2) is 0 Å². The highest BCUT2D eigenvalue weighted by atomic mass is 35.5. The Kier molecular flexibility index (Phi) is 10.6. The van der Waals surface area contributed by atoms with Gasteiger partial charge in [-0.25, -0.2) is 0 Å². The number of carbonyl (C=O) groups is 1. The zero-order valence-corrected chi connectivity index (χ0v) is 15.3. The van der Waals surface area contributed by atoms with Crippen LogP contribution < -0.4 is 5.73 Å². The molecule has 2 unspecified atom stereocenters. The zero-order valence-electron chi connectivity index (χ0n) is 13.7. The fourth-order valence-corrected chi connectivity index (χ4v) is 2.96. The second-order valence-corrected chi connectivity index (χ2v) is 6.33. The van der Waals surface area contributed by atoms with Crippen molar-refractivity contribution in [3.8, 4) is 0 Å². The SMILES string of the molecule is CC(N)C(C)C(=O)N1CCN(CC2CCOCC2)CC1.Cl.Cl. The number of nitrogens with two attached hydrogens (primary N) is 1. The maximum atomic E-state index is 12.2. The van der Waals surface area contributed by atoms with Gasteiger partial charge >= 0.3 is 0 Å². The maximum absolute atomic E-state index is 12.2. The minimum Gasteiger partial charge on any atom is -0.381 e. The predicted molar refractivity (Wildman–Crippen MR) is 93.9 cm³/mol. The van der Waals surface area contributed by atoms with Crippen molar-refractivity contribution in [3.05, 3.63) is 0 Å². The number of halogens is 2. The molecule has 2 fully saturated rings. The highest BCUT2D eigenvalue weighted by molar-refractivity contribution is 5.85. The Morgan fingerprint density at radius 1 is 1.14 bits per heavy atom. The number of hydrogen-bond donors (Lipinski definition) is 1. The molecule has 0 bridgehead atoms. The minimum atomic E-state index is -0.0722. The Morgan fingerprint density at radius 2 is 1.68 bits per heavy atom. The van der Waals surface area contributed by atoms with Gasteiger partial charge < -0.3 is 15.4 Å². The molecule has 2 heterocycles. The summed E-state index contributed by atoms with van der Waals surface area (Å²) in [6, 6.07) is -0.0669. The Labute approximate surface area is 146 Å². The van der Waals surface area contributed by atoms with Crippen molar-refractivity contribution < 1.29 is 9.53 Å². The molecule has 0 aromatic carbocycles. The molecular weight excluding hydrogens is 325 g/mol. The topological polar surface area (TPSA) is 58.8 Å². The first-order chi connectivity index (χ1) is 9.58. The Bertz CT molecular complexity index is 318. The van der Waals surface area contributed by atoms with Crippen LogP contribution >= 0.6 is 24.8 Å². The standard InChI is InChI=1S/C15H29N3O2.2ClH/c1-12(13(2)16)15(19)18-7-5-17(6-8-18)11-14-3-9-20-10-4-14;;/h12-14H,3-11,16H2,1-2H3;2*1H. The summed E-state index contributed by atoms with van der Waals surface area (Å²) < 4.78 is 5.40. The van der Waals surface area contributed by atoms with Gasteiger partial charge in [-0.3, -0.25) is 9.69 Å². The van der Waals surface area contributed by atoms with Gasteiger partial charge in [0.25, 0.3) is 0 Å². The molecule has 2 rings (SSSR count). The molecular formula is C15H31Cl2N3O2. The summed E-state index contributed by atoms with van der Waals surface area (Å²) in [7, 11) is 0. The van der Waals surface area contributed by atoms with E-state index in [0.29, 0.717) is 0 Å².